The normalized spacial score (nSPS) is 11.9. The van der Waals surface area contributed by atoms with Gasteiger partial charge in [-0.1, -0.05) is 48.5 Å². The van der Waals surface area contributed by atoms with Crippen molar-refractivity contribution in [1.82, 2.24) is 0 Å². The van der Waals surface area contributed by atoms with Crippen LogP contribution >= 0.6 is 22.6 Å². The van der Waals surface area contributed by atoms with Gasteiger partial charge in [0, 0.05) is 3.57 Å². The second-order valence-electron chi connectivity index (χ2n) is 7.25. The maximum Gasteiger partial charge on any atom is 0.207 e. The summed E-state index contributed by atoms with van der Waals surface area (Å²) in [5.41, 5.74) is 2.46. The molecule has 0 aromatic heterocycles. The molecule has 0 saturated carbocycles. The molecular weight excluding hydrogens is 555 g/mol. The Bertz CT molecular complexity index is 1480. The van der Waals surface area contributed by atoms with Crippen molar-refractivity contribution in [2.24, 2.45) is 0 Å². The van der Waals surface area contributed by atoms with E-state index >= 15 is 0 Å². The lowest BCUT2D eigenvalue weighted by molar-refractivity contribution is 0.594. The average molecular weight is 574 g/mol. The van der Waals surface area contributed by atoms with Crippen LogP contribution in [0, 0.1) is 10.5 Å². The van der Waals surface area contributed by atoms with Gasteiger partial charge in [0.25, 0.3) is 0 Å². The molecule has 0 atom stereocenters. The van der Waals surface area contributed by atoms with Crippen LogP contribution in [0.15, 0.2) is 117 Å². The fraction of sp³-hybridized carbons (Fsp3) is 0.0400. The summed E-state index contributed by atoms with van der Waals surface area (Å²) in [6, 6.07) is 26.8. The SMILES string of the molecule is Cc1cc(S(=O)(=O)c2ccccc2)c(I)cc1-c1ccc(S(=O)(=O)c2ccccc2)cc1. The van der Waals surface area contributed by atoms with Crippen molar-refractivity contribution in [2.75, 3.05) is 0 Å². The highest BCUT2D eigenvalue weighted by molar-refractivity contribution is 14.1. The molecule has 0 aliphatic heterocycles. The standard InChI is InChI=1S/C25H19IO4S2/c1-18-16-25(32(29,30)21-10-6-3-7-11-21)24(26)17-23(18)19-12-14-22(15-13-19)31(27,28)20-8-4-2-5-9-20/h2-17H,1H3. The lowest BCUT2D eigenvalue weighted by atomic mass is 10.0. The molecule has 0 aliphatic carbocycles. The molecule has 4 aromatic rings. The average Bonchev–Trinajstić information content (AvgIpc) is 2.81. The van der Waals surface area contributed by atoms with Crippen molar-refractivity contribution in [1.29, 1.82) is 0 Å². The van der Waals surface area contributed by atoms with Gasteiger partial charge in [-0.25, -0.2) is 16.8 Å². The summed E-state index contributed by atoms with van der Waals surface area (Å²) in [6.07, 6.45) is 0. The number of aryl methyl sites for hydroxylation is 1. The van der Waals surface area contributed by atoms with Crippen LogP contribution in [0.5, 0.6) is 0 Å². The van der Waals surface area contributed by atoms with E-state index in [0.717, 1.165) is 16.7 Å². The minimum absolute atomic E-state index is 0.211. The predicted molar refractivity (Wildman–Crippen MR) is 133 cm³/mol. The van der Waals surface area contributed by atoms with Crippen LogP contribution < -0.4 is 0 Å². The van der Waals surface area contributed by atoms with Gasteiger partial charge < -0.3 is 0 Å². The molecule has 32 heavy (non-hydrogen) atoms. The molecule has 7 heteroatoms. The lowest BCUT2D eigenvalue weighted by Gasteiger charge is -2.13. The molecular formula is C25H19IO4S2. The highest BCUT2D eigenvalue weighted by Crippen LogP contribution is 2.33. The number of rotatable bonds is 5. The minimum atomic E-state index is -3.63. The Labute approximate surface area is 201 Å². The molecule has 0 saturated heterocycles. The molecule has 0 fully saturated rings. The first-order chi connectivity index (χ1) is 15.2. The monoisotopic (exact) mass is 574 g/mol. The fourth-order valence-electron chi connectivity index (χ4n) is 3.45. The van der Waals surface area contributed by atoms with Gasteiger partial charge in [-0.15, -0.1) is 0 Å². The lowest BCUT2D eigenvalue weighted by Crippen LogP contribution is -2.05. The maximum atomic E-state index is 13.1. The van der Waals surface area contributed by atoms with E-state index in [2.05, 4.69) is 0 Å². The first-order valence-corrected chi connectivity index (χ1v) is 13.8. The molecule has 4 nitrogen and oxygen atoms in total. The predicted octanol–water partition coefficient (Wildman–Crippen LogP) is 5.93. The molecule has 0 N–H and O–H groups in total. The minimum Gasteiger partial charge on any atom is -0.219 e. The van der Waals surface area contributed by atoms with Gasteiger partial charge in [0.15, 0.2) is 0 Å². The Kier molecular flexibility index (Phi) is 6.24. The van der Waals surface area contributed by atoms with Gasteiger partial charge in [0.05, 0.1) is 19.6 Å². The van der Waals surface area contributed by atoms with E-state index in [1.165, 1.54) is 0 Å². The maximum absolute atomic E-state index is 13.1. The van der Waals surface area contributed by atoms with Crippen molar-refractivity contribution in [3.8, 4) is 11.1 Å². The summed E-state index contributed by atoms with van der Waals surface area (Å²) in [4.78, 5) is 0.964. The van der Waals surface area contributed by atoms with Crippen LogP contribution in [-0.2, 0) is 19.7 Å². The Balaban J connectivity index is 1.72. The van der Waals surface area contributed by atoms with Crippen LogP contribution in [0.2, 0.25) is 0 Å². The van der Waals surface area contributed by atoms with Crippen LogP contribution in [-0.4, -0.2) is 16.8 Å². The largest absolute Gasteiger partial charge is 0.219 e. The van der Waals surface area contributed by atoms with E-state index in [1.807, 2.05) is 35.6 Å². The topological polar surface area (TPSA) is 68.3 Å². The van der Waals surface area contributed by atoms with Crippen LogP contribution in [0.3, 0.4) is 0 Å². The van der Waals surface area contributed by atoms with Crippen molar-refractivity contribution < 1.29 is 16.8 Å². The smallest absolute Gasteiger partial charge is 0.207 e. The highest BCUT2D eigenvalue weighted by Gasteiger charge is 2.22. The first-order valence-electron chi connectivity index (χ1n) is 9.72. The van der Waals surface area contributed by atoms with E-state index in [1.54, 1.807) is 91.0 Å². The molecule has 4 aromatic carbocycles. The highest BCUT2D eigenvalue weighted by atomic mass is 127. The van der Waals surface area contributed by atoms with Gasteiger partial charge >= 0.3 is 0 Å². The molecule has 0 amide bonds. The second kappa shape index (κ2) is 8.80. The van der Waals surface area contributed by atoms with Gasteiger partial charge in [0.2, 0.25) is 19.7 Å². The van der Waals surface area contributed by atoms with Crippen LogP contribution in [0.4, 0.5) is 0 Å². The zero-order valence-electron chi connectivity index (χ0n) is 17.1. The van der Waals surface area contributed by atoms with Crippen molar-refractivity contribution in [3.05, 3.63) is 106 Å². The van der Waals surface area contributed by atoms with Gasteiger partial charge in [-0.2, -0.15) is 0 Å². The second-order valence-corrected chi connectivity index (χ2v) is 12.3. The van der Waals surface area contributed by atoms with E-state index in [0.29, 0.717) is 3.57 Å². The summed E-state index contributed by atoms with van der Waals surface area (Å²) < 4.78 is 52.4. The number of hydrogen-bond donors (Lipinski definition) is 0. The molecule has 4 rings (SSSR count). The van der Waals surface area contributed by atoms with Gasteiger partial charge in [-0.05, 0) is 94.7 Å². The molecule has 0 heterocycles. The number of halogens is 1. The van der Waals surface area contributed by atoms with Crippen molar-refractivity contribution >= 4 is 42.3 Å². The number of benzene rings is 4. The summed E-state index contributed by atoms with van der Waals surface area (Å²) in [6.45, 7) is 1.85. The summed E-state index contributed by atoms with van der Waals surface area (Å²) in [7, 11) is -7.23. The third-order valence-corrected chi connectivity index (χ3v) is 10.0. The quantitative estimate of drug-likeness (QED) is 0.277. The molecule has 0 spiro atoms. The van der Waals surface area contributed by atoms with Gasteiger partial charge in [0.1, 0.15) is 0 Å². The number of sulfone groups is 2. The third kappa shape index (κ3) is 4.24. The molecule has 0 radical (unpaired) electrons. The Morgan fingerprint density at radius 1 is 0.594 bits per heavy atom. The fourth-order valence-corrected chi connectivity index (χ4v) is 7.48. The van der Waals surface area contributed by atoms with E-state index in [9.17, 15) is 16.8 Å². The van der Waals surface area contributed by atoms with Crippen molar-refractivity contribution in [3.63, 3.8) is 0 Å². The zero-order chi connectivity index (χ0) is 22.9. The zero-order valence-corrected chi connectivity index (χ0v) is 20.9. The van der Waals surface area contributed by atoms with Crippen LogP contribution in [0.25, 0.3) is 11.1 Å². The summed E-state index contributed by atoms with van der Waals surface area (Å²) in [5.74, 6) is 0. The molecule has 0 unspecified atom stereocenters. The van der Waals surface area contributed by atoms with Gasteiger partial charge in [-0.3, -0.25) is 0 Å². The molecule has 0 aliphatic rings. The van der Waals surface area contributed by atoms with Crippen molar-refractivity contribution in [2.45, 2.75) is 26.5 Å². The van der Waals surface area contributed by atoms with E-state index in [-0.39, 0.29) is 19.6 Å². The number of hydrogen-bond acceptors (Lipinski definition) is 4. The van der Waals surface area contributed by atoms with E-state index < -0.39 is 19.7 Å². The molecule has 0 bridgehead atoms. The Morgan fingerprint density at radius 3 is 1.59 bits per heavy atom. The summed E-state index contributed by atoms with van der Waals surface area (Å²) >= 11 is 2.03. The third-order valence-electron chi connectivity index (χ3n) is 5.15. The van der Waals surface area contributed by atoms with E-state index in [4.69, 9.17) is 0 Å². The summed E-state index contributed by atoms with van der Waals surface area (Å²) in [5, 5.41) is 0. The Hall–Kier alpha value is -2.49. The Morgan fingerprint density at radius 2 is 1.06 bits per heavy atom. The molecule has 162 valence electrons. The first kappa shape index (κ1) is 22.7. The van der Waals surface area contributed by atoms with Crippen LogP contribution in [0.1, 0.15) is 5.56 Å².